The third kappa shape index (κ3) is 5.27. The van der Waals surface area contributed by atoms with Crippen molar-refractivity contribution in [3.63, 3.8) is 0 Å². The van der Waals surface area contributed by atoms with Crippen LogP contribution in [-0.2, 0) is 31.5 Å². The normalized spacial score (nSPS) is 20.8. The average molecular weight is 550 g/mol. The van der Waals surface area contributed by atoms with Crippen LogP contribution in [0.1, 0.15) is 68.3 Å². The van der Waals surface area contributed by atoms with Crippen LogP contribution < -0.4 is 15.4 Å². The minimum atomic E-state index is -3.90. The molecule has 202 valence electrons. The van der Waals surface area contributed by atoms with Crippen LogP contribution in [0.2, 0.25) is 0 Å². The molecule has 2 aliphatic heterocycles. The Balaban J connectivity index is 1.67. The number of thiophene rings is 1. The number of anilines is 1. The van der Waals surface area contributed by atoms with Crippen molar-refractivity contribution in [3.05, 3.63) is 40.3 Å². The number of amides is 1. The second-order valence-corrected chi connectivity index (χ2v) is 13.5. The lowest BCUT2D eigenvalue weighted by atomic mass is 9.81. The number of esters is 1. The molecule has 9 nitrogen and oxygen atoms in total. The first-order chi connectivity index (χ1) is 17.3. The number of carbonyl (C=O) groups excluding carboxylic acids is 2. The molecule has 0 bridgehead atoms. The average Bonchev–Trinajstić information content (AvgIpc) is 3.44. The van der Waals surface area contributed by atoms with Crippen molar-refractivity contribution < 1.29 is 27.5 Å². The monoisotopic (exact) mass is 549 g/mol. The van der Waals surface area contributed by atoms with Gasteiger partial charge in [-0.15, -0.1) is 11.3 Å². The van der Waals surface area contributed by atoms with Gasteiger partial charge in [0.25, 0.3) is 0 Å². The Morgan fingerprint density at radius 1 is 1.19 bits per heavy atom. The van der Waals surface area contributed by atoms with Crippen molar-refractivity contribution in [3.8, 4) is 5.75 Å². The van der Waals surface area contributed by atoms with Gasteiger partial charge in [-0.1, -0.05) is 0 Å². The third-order valence-corrected chi connectivity index (χ3v) is 10.1. The van der Waals surface area contributed by atoms with Crippen LogP contribution in [0.5, 0.6) is 5.75 Å². The zero-order valence-corrected chi connectivity index (χ0v) is 23.8. The van der Waals surface area contributed by atoms with Gasteiger partial charge in [-0.05, 0) is 83.7 Å². The highest BCUT2D eigenvalue weighted by molar-refractivity contribution is 7.89. The summed E-state index contributed by atoms with van der Waals surface area (Å²) < 4.78 is 38.5. The lowest BCUT2D eigenvalue weighted by Crippen LogP contribution is -2.55. The predicted octanol–water partition coefficient (Wildman–Crippen LogP) is 3.88. The fraction of sp³-hybridized carbons (Fsp3) is 0.538. The highest BCUT2D eigenvalue weighted by atomic mass is 32.2. The molecule has 11 heteroatoms. The molecule has 1 atom stereocenters. The predicted molar refractivity (Wildman–Crippen MR) is 143 cm³/mol. The maximum atomic E-state index is 13.5. The Bertz CT molecular complexity index is 1300. The number of methoxy groups -OCH3 is 1. The molecule has 0 aliphatic carbocycles. The van der Waals surface area contributed by atoms with E-state index in [1.165, 1.54) is 34.9 Å². The van der Waals surface area contributed by atoms with Crippen molar-refractivity contribution >= 4 is 38.2 Å². The number of ether oxygens (including phenoxy) is 2. The van der Waals surface area contributed by atoms with Gasteiger partial charge >= 0.3 is 5.97 Å². The maximum absolute atomic E-state index is 13.5. The summed E-state index contributed by atoms with van der Waals surface area (Å²) in [5, 5.41) is 6.92. The van der Waals surface area contributed by atoms with E-state index in [1.807, 2.05) is 13.8 Å². The molecule has 1 aromatic carbocycles. The van der Waals surface area contributed by atoms with E-state index in [4.69, 9.17) is 9.47 Å². The highest BCUT2D eigenvalue weighted by Gasteiger charge is 2.44. The maximum Gasteiger partial charge on any atom is 0.341 e. The van der Waals surface area contributed by atoms with E-state index in [0.29, 0.717) is 35.6 Å². The molecule has 2 N–H and O–H groups in total. The quantitative estimate of drug-likeness (QED) is 0.504. The number of hydrogen-bond acceptors (Lipinski definition) is 8. The Kier molecular flexibility index (Phi) is 7.46. The van der Waals surface area contributed by atoms with Crippen LogP contribution in [0.25, 0.3) is 0 Å². The van der Waals surface area contributed by atoms with E-state index < -0.39 is 33.5 Å². The SMILES string of the molecule is CCOC(=O)c1c(NC(=O)C2CCCN2S(=O)(=O)c2ccc(OC)cc2)sc2c1CC(C)(C)NC2(C)C. The number of benzene rings is 1. The number of sulfonamides is 1. The lowest BCUT2D eigenvalue weighted by Gasteiger charge is -2.42. The number of rotatable bonds is 7. The first-order valence-corrected chi connectivity index (χ1v) is 14.7. The van der Waals surface area contributed by atoms with Crippen LogP contribution in [0.4, 0.5) is 5.00 Å². The highest BCUT2D eigenvalue weighted by Crippen LogP contribution is 2.45. The van der Waals surface area contributed by atoms with Crippen LogP contribution >= 0.6 is 11.3 Å². The van der Waals surface area contributed by atoms with Crippen molar-refractivity contribution in [1.29, 1.82) is 0 Å². The molecular formula is C26H35N3O6S2. The zero-order valence-electron chi connectivity index (χ0n) is 22.1. The minimum Gasteiger partial charge on any atom is -0.497 e. The Morgan fingerprint density at radius 2 is 1.86 bits per heavy atom. The second-order valence-electron chi connectivity index (χ2n) is 10.6. The lowest BCUT2D eigenvalue weighted by molar-refractivity contribution is -0.119. The summed E-state index contributed by atoms with van der Waals surface area (Å²) in [6.45, 7) is 10.4. The van der Waals surface area contributed by atoms with E-state index in [-0.39, 0.29) is 23.6 Å². The summed E-state index contributed by atoms with van der Waals surface area (Å²) in [6.07, 6.45) is 1.54. The molecule has 37 heavy (non-hydrogen) atoms. The zero-order chi connectivity index (χ0) is 27.2. The van der Waals surface area contributed by atoms with Crippen molar-refractivity contribution in [2.24, 2.45) is 0 Å². The molecule has 1 fully saturated rings. The van der Waals surface area contributed by atoms with Gasteiger partial charge in [-0.25, -0.2) is 13.2 Å². The van der Waals surface area contributed by atoms with Crippen LogP contribution in [0.3, 0.4) is 0 Å². The number of nitrogens with zero attached hydrogens (tertiary/aromatic N) is 1. The molecule has 2 aromatic rings. The largest absolute Gasteiger partial charge is 0.497 e. The fourth-order valence-electron chi connectivity index (χ4n) is 5.40. The van der Waals surface area contributed by atoms with E-state index in [0.717, 1.165) is 10.4 Å². The van der Waals surface area contributed by atoms with Gasteiger partial charge in [0.2, 0.25) is 15.9 Å². The number of nitrogens with one attached hydrogen (secondary N) is 2. The summed E-state index contributed by atoms with van der Waals surface area (Å²) in [5.41, 5.74) is 0.528. The molecule has 2 aliphatic rings. The Morgan fingerprint density at radius 3 is 2.49 bits per heavy atom. The van der Waals surface area contributed by atoms with Gasteiger partial charge in [0.15, 0.2) is 0 Å². The molecule has 1 unspecified atom stereocenters. The smallest absolute Gasteiger partial charge is 0.341 e. The number of fused-ring (bicyclic) bond motifs is 1. The molecule has 4 rings (SSSR count). The van der Waals surface area contributed by atoms with Crippen molar-refractivity contribution in [2.45, 2.75) is 75.9 Å². The van der Waals surface area contributed by atoms with Gasteiger partial charge in [-0.2, -0.15) is 4.31 Å². The van der Waals surface area contributed by atoms with Crippen molar-refractivity contribution in [2.75, 3.05) is 25.6 Å². The molecule has 1 aromatic heterocycles. The van der Waals surface area contributed by atoms with E-state index in [1.54, 1.807) is 19.1 Å². The Labute approximate surface area is 222 Å². The molecular weight excluding hydrogens is 514 g/mol. The second kappa shape index (κ2) is 10.0. The molecule has 0 saturated carbocycles. The molecule has 1 amide bonds. The molecule has 1 saturated heterocycles. The first kappa shape index (κ1) is 27.6. The summed E-state index contributed by atoms with van der Waals surface area (Å²) in [5.74, 6) is -0.398. The summed E-state index contributed by atoms with van der Waals surface area (Å²) >= 11 is 1.34. The van der Waals surface area contributed by atoms with Gasteiger partial charge in [0.1, 0.15) is 16.8 Å². The van der Waals surface area contributed by atoms with Gasteiger partial charge in [0, 0.05) is 22.5 Å². The minimum absolute atomic E-state index is 0.0989. The molecule has 0 spiro atoms. The third-order valence-electron chi connectivity index (χ3n) is 6.73. The summed E-state index contributed by atoms with van der Waals surface area (Å²) in [6, 6.07) is 5.23. The first-order valence-electron chi connectivity index (χ1n) is 12.4. The molecule has 0 radical (unpaired) electrons. The van der Waals surface area contributed by atoms with Gasteiger partial charge in [-0.3, -0.25) is 4.79 Å². The topological polar surface area (TPSA) is 114 Å². The van der Waals surface area contributed by atoms with Crippen molar-refractivity contribution in [1.82, 2.24) is 9.62 Å². The van der Waals surface area contributed by atoms with E-state index >= 15 is 0 Å². The fourth-order valence-corrected chi connectivity index (χ4v) is 8.33. The van der Waals surface area contributed by atoms with E-state index in [2.05, 4.69) is 24.5 Å². The molecule has 3 heterocycles. The van der Waals surface area contributed by atoms with Gasteiger partial charge < -0.3 is 20.1 Å². The van der Waals surface area contributed by atoms with Gasteiger partial charge in [0.05, 0.1) is 24.2 Å². The summed E-state index contributed by atoms with van der Waals surface area (Å²) in [7, 11) is -2.39. The standard InChI is InChI=1S/C26H35N3O6S2/c1-7-35-24(31)20-18-15-25(2,3)28-26(4,5)21(18)36-23(20)27-22(30)19-9-8-14-29(19)37(32,33)17-12-10-16(34-6)11-13-17/h10-13,19,28H,7-9,14-15H2,1-6H3,(H,27,30). The number of hydrogen-bond donors (Lipinski definition) is 2. The van der Waals surface area contributed by atoms with Crippen LogP contribution in [0, 0.1) is 0 Å². The summed E-state index contributed by atoms with van der Waals surface area (Å²) in [4.78, 5) is 27.7. The van der Waals surface area contributed by atoms with Crippen LogP contribution in [0.15, 0.2) is 29.2 Å². The van der Waals surface area contributed by atoms with E-state index in [9.17, 15) is 18.0 Å². The Hall–Kier alpha value is -2.47. The van der Waals surface area contributed by atoms with Crippen LogP contribution in [-0.4, -0.2) is 56.4 Å². The number of carbonyl (C=O) groups is 2.